The van der Waals surface area contributed by atoms with E-state index in [1.807, 2.05) is 20.8 Å². The first-order chi connectivity index (χ1) is 6.79. The van der Waals surface area contributed by atoms with Gasteiger partial charge in [0.15, 0.2) is 0 Å². The minimum atomic E-state index is -0.498. The zero-order valence-electron chi connectivity index (χ0n) is 9.45. The molecule has 0 aromatic heterocycles. The summed E-state index contributed by atoms with van der Waals surface area (Å²) in [6.07, 6.45) is 0.264. The molecule has 0 aromatic rings. The maximum Gasteiger partial charge on any atom is 0.410 e. The molecule has 2 amide bonds. The number of hydrogen-bond donors (Lipinski definition) is 1. The Labute approximate surface area is 89.6 Å². The molecule has 0 aromatic carbocycles. The number of hydrogen-bond acceptors (Lipinski definition) is 3. The van der Waals surface area contributed by atoms with E-state index < -0.39 is 5.60 Å². The summed E-state index contributed by atoms with van der Waals surface area (Å²) < 4.78 is 5.18. The van der Waals surface area contributed by atoms with Crippen molar-refractivity contribution in [3.05, 3.63) is 0 Å². The van der Waals surface area contributed by atoms with Gasteiger partial charge in [0.2, 0.25) is 5.91 Å². The van der Waals surface area contributed by atoms with Crippen LogP contribution in [0.2, 0.25) is 0 Å². The molecule has 1 aliphatic heterocycles. The van der Waals surface area contributed by atoms with Crippen molar-refractivity contribution in [2.45, 2.75) is 32.8 Å². The van der Waals surface area contributed by atoms with Gasteiger partial charge in [-0.15, -0.1) is 0 Å². The van der Waals surface area contributed by atoms with Crippen LogP contribution in [-0.2, 0) is 9.53 Å². The van der Waals surface area contributed by atoms with E-state index in [0.29, 0.717) is 19.5 Å². The SMILES string of the molecule is CC(C)(C)OC(=O)N1CC[C@@H](C(N)=O)C1. The first-order valence-corrected chi connectivity index (χ1v) is 5.07. The number of primary amides is 1. The maximum atomic E-state index is 11.6. The molecule has 1 aliphatic rings. The molecule has 1 saturated heterocycles. The van der Waals surface area contributed by atoms with Crippen LogP contribution >= 0.6 is 0 Å². The molecule has 0 spiro atoms. The van der Waals surface area contributed by atoms with E-state index in [4.69, 9.17) is 10.5 Å². The van der Waals surface area contributed by atoms with Gasteiger partial charge in [-0.25, -0.2) is 4.79 Å². The number of rotatable bonds is 1. The third-order valence-electron chi connectivity index (χ3n) is 2.24. The molecule has 0 unspecified atom stereocenters. The summed E-state index contributed by atoms with van der Waals surface area (Å²) in [7, 11) is 0. The van der Waals surface area contributed by atoms with Crippen LogP contribution in [-0.4, -0.2) is 35.6 Å². The molecule has 0 bridgehead atoms. The molecular formula is C10H18N2O3. The lowest BCUT2D eigenvalue weighted by Gasteiger charge is -2.24. The zero-order valence-corrected chi connectivity index (χ0v) is 9.45. The van der Waals surface area contributed by atoms with Crippen molar-refractivity contribution < 1.29 is 14.3 Å². The number of nitrogens with zero attached hydrogens (tertiary/aromatic N) is 1. The monoisotopic (exact) mass is 214 g/mol. The fraction of sp³-hybridized carbons (Fsp3) is 0.800. The molecule has 86 valence electrons. The van der Waals surface area contributed by atoms with Crippen molar-refractivity contribution >= 4 is 12.0 Å². The van der Waals surface area contributed by atoms with E-state index in [0.717, 1.165) is 0 Å². The summed E-state index contributed by atoms with van der Waals surface area (Å²) in [5.74, 6) is -0.571. The van der Waals surface area contributed by atoms with Crippen LogP contribution in [0.15, 0.2) is 0 Å². The topological polar surface area (TPSA) is 72.6 Å². The molecule has 0 radical (unpaired) electrons. The summed E-state index contributed by atoms with van der Waals surface area (Å²) in [6.45, 7) is 6.36. The van der Waals surface area contributed by atoms with Crippen molar-refractivity contribution in [2.75, 3.05) is 13.1 Å². The third-order valence-corrected chi connectivity index (χ3v) is 2.24. The standard InChI is InChI=1S/C10H18N2O3/c1-10(2,3)15-9(14)12-5-4-7(6-12)8(11)13/h7H,4-6H2,1-3H3,(H2,11,13)/t7-/m1/s1. The average molecular weight is 214 g/mol. The van der Waals surface area contributed by atoms with E-state index in [2.05, 4.69) is 0 Å². The van der Waals surface area contributed by atoms with Gasteiger partial charge in [-0.1, -0.05) is 0 Å². The minimum Gasteiger partial charge on any atom is -0.444 e. The second-order valence-electron chi connectivity index (χ2n) is 4.81. The molecule has 1 atom stereocenters. The smallest absolute Gasteiger partial charge is 0.410 e. The number of ether oxygens (including phenoxy) is 1. The number of carbonyl (C=O) groups is 2. The lowest BCUT2D eigenvalue weighted by Crippen LogP contribution is -2.36. The van der Waals surface area contributed by atoms with Crippen molar-refractivity contribution in [3.63, 3.8) is 0 Å². The Morgan fingerprint density at radius 1 is 1.40 bits per heavy atom. The number of amides is 2. The van der Waals surface area contributed by atoms with E-state index in [1.54, 1.807) is 0 Å². The largest absolute Gasteiger partial charge is 0.444 e. The normalized spacial score (nSPS) is 21.5. The van der Waals surface area contributed by atoms with Crippen LogP contribution in [0.3, 0.4) is 0 Å². The van der Waals surface area contributed by atoms with Crippen LogP contribution in [0.5, 0.6) is 0 Å². The molecule has 5 nitrogen and oxygen atoms in total. The Bertz CT molecular complexity index is 270. The minimum absolute atomic E-state index is 0.225. The van der Waals surface area contributed by atoms with Gasteiger partial charge >= 0.3 is 6.09 Å². The maximum absolute atomic E-state index is 11.6. The highest BCUT2D eigenvalue weighted by atomic mass is 16.6. The third kappa shape index (κ3) is 3.42. The highest BCUT2D eigenvalue weighted by Crippen LogP contribution is 2.18. The molecule has 15 heavy (non-hydrogen) atoms. The molecule has 5 heteroatoms. The highest BCUT2D eigenvalue weighted by molar-refractivity contribution is 5.78. The second-order valence-corrected chi connectivity index (χ2v) is 4.81. The van der Waals surface area contributed by atoms with E-state index in [-0.39, 0.29) is 17.9 Å². The predicted octanol–water partition coefficient (Wildman–Crippen LogP) is 0.729. The molecule has 0 saturated carbocycles. The second kappa shape index (κ2) is 4.08. The van der Waals surface area contributed by atoms with Crippen LogP contribution in [0, 0.1) is 5.92 Å². The van der Waals surface area contributed by atoms with E-state index >= 15 is 0 Å². The highest BCUT2D eigenvalue weighted by Gasteiger charge is 2.32. The summed E-state index contributed by atoms with van der Waals surface area (Å²) in [5, 5.41) is 0. The van der Waals surface area contributed by atoms with Crippen LogP contribution in [0.1, 0.15) is 27.2 Å². The molecule has 1 rings (SSSR count). The summed E-state index contributed by atoms with van der Waals surface area (Å²) >= 11 is 0. The van der Waals surface area contributed by atoms with Crippen LogP contribution in [0.4, 0.5) is 4.79 Å². The number of nitrogens with two attached hydrogens (primary N) is 1. The first-order valence-electron chi connectivity index (χ1n) is 5.07. The van der Waals surface area contributed by atoms with Gasteiger partial charge in [0.1, 0.15) is 5.60 Å². The van der Waals surface area contributed by atoms with E-state index in [9.17, 15) is 9.59 Å². The zero-order chi connectivity index (χ0) is 11.6. The van der Waals surface area contributed by atoms with Gasteiger partial charge in [-0.05, 0) is 27.2 Å². The van der Waals surface area contributed by atoms with Gasteiger partial charge in [-0.2, -0.15) is 0 Å². The Morgan fingerprint density at radius 2 is 2.00 bits per heavy atom. The van der Waals surface area contributed by atoms with Crippen LogP contribution < -0.4 is 5.73 Å². The molecule has 2 N–H and O–H groups in total. The molecule has 1 fully saturated rings. The van der Waals surface area contributed by atoms with Gasteiger partial charge < -0.3 is 15.4 Å². The Balaban J connectivity index is 2.47. The van der Waals surface area contributed by atoms with Crippen LogP contribution in [0.25, 0.3) is 0 Å². The predicted molar refractivity (Wildman–Crippen MR) is 55.1 cm³/mol. The molecule has 1 heterocycles. The van der Waals surface area contributed by atoms with Gasteiger partial charge in [0, 0.05) is 13.1 Å². The van der Waals surface area contributed by atoms with Crippen molar-refractivity contribution in [1.29, 1.82) is 0 Å². The summed E-state index contributed by atoms with van der Waals surface area (Å²) in [4.78, 5) is 24.0. The van der Waals surface area contributed by atoms with Crippen molar-refractivity contribution in [3.8, 4) is 0 Å². The van der Waals surface area contributed by atoms with E-state index in [1.165, 1.54) is 4.90 Å². The van der Waals surface area contributed by atoms with Gasteiger partial charge in [0.25, 0.3) is 0 Å². The Hall–Kier alpha value is -1.26. The Morgan fingerprint density at radius 3 is 2.40 bits per heavy atom. The van der Waals surface area contributed by atoms with Gasteiger partial charge in [0.05, 0.1) is 5.92 Å². The lowest BCUT2D eigenvalue weighted by molar-refractivity contribution is -0.121. The first kappa shape index (κ1) is 11.8. The average Bonchev–Trinajstić information content (AvgIpc) is 2.47. The quantitative estimate of drug-likeness (QED) is 0.699. The Kier molecular flexibility index (Phi) is 3.21. The fourth-order valence-corrected chi connectivity index (χ4v) is 1.48. The molecule has 0 aliphatic carbocycles. The van der Waals surface area contributed by atoms with Crippen molar-refractivity contribution in [2.24, 2.45) is 11.7 Å². The molecular weight excluding hydrogens is 196 g/mol. The lowest BCUT2D eigenvalue weighted by atomic mass is 10.1. The van der Waals surface area contributed by atoms with Crippen molar-refractivity contribution in [1.82, 2.24) is 4.90 Å². The van der Waals surface area contributed by atoms with Gasteiger partial charge in [-0.3, -0.25) is 4.79 Å². The summed E-state index contributed by atoms with van der Waals surface area (Å²) in [5.41, 5.74) is 4.67. The number of carbonyl (C=O) groups excluding carboxylic acids is 2. The number of likely N-dealkylation sites (tertiary alicyclic amines) is 1. The fourth-order valence-electron chi connectivity index (χ4n) is 1.48. The summed E-state index contributed by atoms with van der Waals surface area (Å²) in [6, 6.07) is 0.